The molecule has 0 aliphatic carbocycles. The number of alkyl halides is 3. The summed E-state index contributed by atoms with van der Waals surface area (Å²) in [7, 11) is 0. The van der Waals surface area contributed by atoms with Gasteiger partial charge in [-0.2, -0.15) is 13.2 Å². The highest BCUT2D eigenvalue weighted by atomic mass is 32.2. The van der Waals surface area contributed by atoms with Gasteiger partial charge in [0.25, 0.3) is 0 Å². The molecule has 0 fully saturated rings. The molecule has 9 heteroatoms. The molecule has 0 spiro atoms. The molecule has 0 aliphatic heterocycles. The summed E-state index contributed by atoms with van der Waals surface area (Å²) in [5.41, 5.74) is 1.69. The Labute approximate surface area is 203 Å². The Morgan fingerprint density at radius 1 is 1.03 bits per heavy atom. The zero-order valence-corrected chi connectivity index (χ0v) is 19.5. The van der Waals surface area contributed by atoms with E-state index in [4.69, 9.17) is 4.42 Å². The number of aromatic carboxylic acids is 1. The van der Waals surface area contributed by atoms with E-state index in [1.54, 1.807) is 29.4 Å². The largest absolute Gasteiger partial charge is 0.593 e. The van der Waals surface area contributed by atoms with Crippen molar-refractivity contribution >= 4 is 28.3 Å². The standard InChI is InChI=1S/C26H22F3NO4S/c1-17-22-15-21(11-12-23(22)34-24(17)25(31)32)35(33)30(14-13-18-5-3-2-4-6-18)16-19-7-9-20(10-8-19)26(27,28)29/h2-12,15H,13-14,16H2,1H3,(H,31,32). The Balaban J connectivity index is 1.62. The molecule has 0 saturated carbocycles. The lowest BCUT2D eigenvalue weighted by atomic mass is 10.1. The highest BCUT2D eigenvalue weighted by Gasteiger charge is 2.30. The molecule has 0 radical (unpaired) electrons. The van der Waals surface area contributed by atoms with Crippen molar-refractivity contribution in [3.8, 4) is 0 Å². The number of nitrogens with zero attached hydrogens (tertiary/aromatic N) is 1. The van der Waals surface area contributed by atoms with Gasteiger partial charge in [-0.25, -0.2) is 4.79 Å². The van der Waals surface area contributed by atoms with Gasteiger partial charge in [-0.3, -0.25) is 0 Å². The number of aryl methyl sites for hydroxylation is 1. The van der Waals surface area contributed by atoms with E-state index in [9.17, 15) is 27.6 Å². The molecule has 1 heterocycles. The summed E-state index contributed by atoms with van der Waals surface area (Å²) >= 11 is -1.66. The molecule has 35 heavy (non-hydrogen) atoms. The maximum atomic E-state index is 13.6. The second-order valence-electron chi connectivity index (χ2n) is 8.06. The van der Waals surface area contributed by atoms with Gasteiger partial charge in [0.2, 0.25) is 5.76 Å². The molecular formula is C26H22F3NO4S. The van der Waals surface area contributed by atoms with Crippen LogP contribution in [0.4, 0.5) is 13.2 Å². The van der Waals surface area contributed by atoms with Crippen LogP contribution in [0.5, 0.6) is 0 Å². The van der Waals surface area contributed by atoms with Crippen molar-refractivity contribution in [2.45, 2.75) is 31.0 Å². The zero-order chi connectivity index (χ0) is 25.2. The van der Waals surface area contributed by atoms with E-state index in [2.05, 4.69) is 0 Å². The van der Waals surface area contributed by atoms with Crippen LogP contribution < -0.4 is 0 Å². The highest BCUT2D eigenvalue weighted by Crippen LogP contribution is 2.31. The lowest BCUT2D eigenvalue weighted by Gasteiger charge is -2.24. The Bertz CT molecular complexity index is 1320. The van der Waals surface area contributed by atoms with Gasteiger partial charge in [0.1, 0.15) is 5.58 Å². The Kier molecular flexibility index (Phi) is 7.20. The van der Waals surface area contributed by atoms with Crippen LogP contribution in [0.25, 0.3) is 11.0 Å². The minimum atomic E-state index is -4.43. The molecule has 0 aliphatic rings. The quantitative estimate of drug-likeness (QED) is 0.290. The lowest BCUT2D eigenvalue weighted by molar-refractivity contribution is -0.137. The first-order valence-electron chi connectivity index (χ1n) is 10.8. The number of carboxylic acids is 1. The number of halogens is 3. The number of hydrogen-bond donors (Lipinski definition) is 1. The molecule has 3 aromatic carbocycles. The van der Waals surface area contributed by atoms with Crippen molar-refractivity contribution in [1.82, 2.24) is 4.31 Å². The number of carboxylic acid groups (broad SMARTS) is 1. The van der Waals surface area contributed by atoms with Crippen LogP contribution in [0.2, 0.25) is 0 Å². The van der Waals surface area contributed by atoms with E-state index < -0.39 is 29.1 Å². The molecule has 4 rings (SSSR count). The molecule has 1 N–H and O–H groups in total. The van der Waals surface area contributed by atoms with Gasteiger partial charge in [0, 0.05) is 23.6 Å². The lowest BCUT2D eigenvalue weighted by Crippen LogP contribution is -2.32. The summed E-state index contributed by atoms with van der Waals surface area (Å²) in [4.78, 5) is 11.8. The van der Waals surface area contributed by atoms with Gasteiger partial charge < -0.3 is 14.1 Å². The molecule has 1 atom stereocenters. The first-order valence-corrected chi connectivity index (χ1v) is 11.9. The van der Waals surface area contributed by atoms with Crippen LogP contribution in [0, 0.1) is 6.92 Å². The van der Waals surface area contributed by atoms with Crippen LogP contribution in [0.3, 0.4) is 0 Å². The van der Waals surface area contributed by atoms with Crippen LogP contribution in [0.15, 0.2) is 82.1 Å². The average Bonchev–Trinajstić information content (AvgIpc) is 3.18. The van der Waals surface area contributed by atoms with E-state index in [1.807, 2.05) is 30.3 Å². The molecule has 182 valence electrons. The van der Waals surface area contributed by atoms with E-state index in [0.717, 1.165) is 17.7 Å². The summed E-state index contributed by atoms with van der Waals surface area (Å²) < 4.78 is 59.5. The first-order chi connectivity index (χ1) is 16.6. The topological polar surface area (TPSA) is 76.7 Å². The van der Waals surface area contributed by atoms with Crippen molar-refractivity contribution in [1.29, 1.82) is 0 Å². The van der Waals surface area contributed by atoms with Crippen molar-refractivity contribution in [2.75, 3.05) is 6.54 Å². The molecule has 1 unspecified atom stereocenters. The Morgan fingerprint density at radius 2 is 1.71 bits per heavy atom. The van der Waals surface area contributed by atoms with Gasteiger partial charge in [-0.1, -0.05) is 42.5 Å². The number of furan rings is 1. The van der Waals surface area contributed by atoms with E-state index in [1.165, 1.54) is 12.1 Å². The molecule has 0 saturated heterocycles. The van der Waals surface area contributed by atoms with Crippen LogP contribution in [-0.2, 0) is 30.5 Å². The van der Waals surface area contributed by atoms with E-state index in [0.29, 0.717) is 40.0 Å². The van der Waals surface area contributed by atoms with Gasteiger partial charge in [-0.15, -0.1) is 4.31 Å². The molecular weight excluding hydrogens is 479 g/mol. The van der Waals surface area contributed by atoms with Gasteiger partial charge in [0.15, 0.2) is 4.90 Å². The van der Waals surface area contributed by atoms with Crippen molar-refractivity contribution < 1.29 is 32.0 Å². The normalized spacial score (nSPS) is 12.9. The Hall–Kier alpha value is -3.27. The number of rotatable bonds is 8. The third-order valence-electron chi connectivity index (χ3n) is 5.67. The molecule has 5 nitrogen and oxygen atoms in total. The fourth-order valence-electron chi connectivity index (χ4n) is 3.78. The maximum absolute atomic E-state index is 13.6. The maximum Gasteiger partial charge on any atom is 0.416 e. The number of carbonyl (C=O) groups is 1. The summed E-state index contributed by atoms with van der Waals surface area (Å²) in [5, 5.41) is 9.86. The van der Waals surface area contributed by atoms with Gasteiger partial charge in [-0.05, 0) is 48.7 Å². The summed E-state index contributed by atoms with van der Waals surface area (Å²) in [6, 6.07) is 19.2. The average molecular weight is 502 g/mol. The van der Waals surface area contributed by atoms with Crippen LogP contribution in [-0.4, -0.2) is 26.5 Å². The number of fused-ring (bicyclic) bond motifs is 1. The predicted molar refractivity (Wildman–Crippen MR) is 126 cm³/mol. The highest BCUT2D eigenvalue weighted by molar-refractivity contribution is 7.89. The minimum Gasteiger partial charge on any atom is -0.593 e. The SMILES string of the molecule is Cc1c(C(=O)O)oc2ccc([S+]([O-])N(CCc3ccccc3)Cc3ccc(C(F)(F)F)cc3)cc12. The zero-order valence-electron chi connectivity index (χ0n) is 18.7. The summed E-state index contributed by atoms with van der Waals surface area (Å²) in [5.74, 6) is -1.36. The number of benzene rings is 3. The monoisotopic (exact) mass is 501 g/mol. The number of hydrogen-bond acceptors (Lipinski definition) is 4. The molecule has 1 aromatic heterocycles. The first kappa shape index (κ1) is 24.8. The third-order valence-corrected chi connectivity index (χ3v) is 7.11. The second-order valence-corrected chi connectivity index (χ2v) is 9.55. The van der Waals surface area contributed by atoms with Gasteiger partial charge >= 0.3 is 12.1 Å². The van der Waals surface area contributed by atoms with E-state index in [-0.39, 0.29) is 12.3 Å². The van der Waals surface area contributed by atoms with Crippen LogP contribution >= 0.6 is 0 Å². The van der Waals surface area contributed by atoms with Crippen molar-refractivity contribution in [2.24, 2.45) is 0 Å². The molecule has 4 aromatic rings. The minimum absolute atomic E-state index is 0.167. The van der Waals surface area contributed by atoms with Crippen molar-refractivity contribution in [3.05, 3.63) is 101 Å². The summed E-state index contributed by atoms with van der Waals surface area (Å²) in [6.45, 7) is 2.18. The molecule has 0 bridgehead atoms. The summed E-state index contributed by atoms with van der Waals surface area (Å²) in [6.07, 6.45) is -3.84. The van der Waals surface area contributed by atoms with Crippen molar-refractivity contribution in [3.63, 3.8) is 0 Å². The molecule has 0 amide bonds. The second kappa shape index (κ2) is 10.2. The predicted octanol–water partition coefficient (Wildman–Crippen LogP) is 6.23. The van der Waals surface area contributed by atoms with Crippen LogP contribution in [0.1, 0.15) is 32.8 Å². The Morgan fingerprint density at radius 3 is 2.34 bits per heavy atom. The van der Waals surface area contributed by atoms with E-state index >= 15 is 0 Å². The van der Waals surface area contributed by atoms with Gasteiger partial charge in [0.05, 0.1) is 23.5 Å². The fraction of sp³-hybridized carbons (Fsp3) is 0.192. The third kappa shape index (κ3) is 5.70. The smallest absolute Gasteiger partial charge is 0.416 e. The fourth-order valence-corrected chi connectivity index (χ4v) is 5.01.